The highest BCUT2D eigenvalue weighted by molar-refractivity contribution is 9.10. The van der Waals surface area contributed by atoms with E-state index in [0.717, 1.165) is 21.0 Å². The summed E-state index contributed by atoms with van der Waals surface area (Å²) in [7, 11) is 1.67. The van der Waals surface area contributed by atoms with Crippen LogP contribution in [0.2, 0.25) is 5.02 Å². The van der Waals surface area contributed by atoms with Gasteiger partial charge in [0.2, 0.25) is 0 Å². The number of aromatic nitrogens is 2. The molecule has 28 heavy (non-hydrogen) atoms. The van der Waals surface area contributed by atoms with Gasteiger partial charge in [-0.05, 0) is 53.6 Å². The molecule has 0 bridgehead atoms. The topological polar surface area (TPSA) is 52.0 Å². The molecule has 0 aliphatic rings. The van der Waals surface area contributed by atoms with Gasteiger partial charge in [0.25, 0.3) is 5.56 Å². The maximum Gasteiger partial charge on any atom is 0.252 e. The SMILES string of the molecule is Cn1c(=O)cc(-c2cccc(Br)c2)c2cc(C(=O)c3ccc(Cl)cc3)cnc21. The van der Waals surface area contributed by atoms with Gasteiger partial charge in [0, 0.05) is 45.3 Å². The number of hydrogen-bond donors (Lipinski definition) is 0. The fraction of sp³-hybridized carbons (Fsp3) is 0.0455. The Kier molecular flexibility index (Phi) is 4.87. The molecule has 0 radical (unpaired) electrons. The molecule has 2 aromatic heterocycles. The normalized spacial score (nSPS) is 11.0. The fourth-order valence-corrected chi connectivity index (χ4v) is 3.64. The summed E-state index contributed by atoms with van der Waals surface area (Å²) in [4.78, 5) is 29.7. The lowest BCUT2D eigenvalue weighted by molar-refractivity contribution is 0.103. The standard InChI is InChI=1S/C22H14BrClN2O2/c1-26-20(27)11-18(14-3-2-4-16(23)9-14)19-10-15(12-25-22(19)26)21(28)13-5-7-17(24)8-6-13/h2-12H,1H3. The monoisotopic (exact) mass is 452 g/mol. The van der Waals surface area contributed by atoms with E-state index in [1.807, 2.05) is 24.3 Å². The van der Waals surface area contributed by atoms with E-state index >= 15 is 0 Å². The van der Waals surface area contributed by atoms with E-state index in [0.29, 0.717) is 21.8 Å². The van der Waals surface area contributed by atoms with Crippen molar-refractivity contribution in [2.45, 2.75) is 0 Å². The smallest absolute Gasteiger partial charge is 0.252 e. The van der Waals surface area contributed by atoms with Gasteiger partial charge in [-0.25, -0.2) is 4.98 Å². The van der Waals surface area contributed by atoms with Crippen molar-refractivity contribution in [3.63, 3.8) is 0 Å². The van der Waals surface area contributed by atoms with Gasteiger partial charge in [-0.3, -0.25) is 14.2 Å². The summed E-state index contributed by atoms with van der Waals surface area (Å²) in [6, 6.07) is 17.8. The van der Waals surface area contributed by atoms with Crippen molar-refractivity contribution in [1.82, 2.24) is 9.55 Å². The summed E-state index contributed by atoms with van der Waals surface area (Å²) < 4.78 is 2.38. The molecule has 0 atom stereocenters. The quantitative estimate of drug-likeness (QED) is 0.398. The zero-order valence-electron chi connectivity index (χ0n) is 14.8. The van der Waals surface area contributed by atoms with Crippen molar-refractivity contribution in [2.24, 2.45) is 7.05 Å². The van der Waals surface area contributed by atoms with Crippen LogP contribution >= 0.6 is 27.5 Å². The number of benzene rings is 2. The van der Waals surface area contributed by atoms with E-state index in [9.17, 15) is 9.59 Å². The Bertz CT molecular complexity index is 1280. The first-order chi connectivity index (χ1) is 13.4. The Balaban J connectivity index is 1.94. The van der Waals surface area contributed by atoms with Crippen LogP contribution in [-0.2, 0) is 7.05 Å². The van der Waals surface area contributed by atoms with Crippen molar-refractivity contribution < 1.29 is 4.79 Å². The lowest BCUT2D eigenvalue weighted by Gasteiger charge is -2.11. The van der Waals surface area contributed by atoms with Crippen molar-refractivity contribution in [3.8, 4) is 11.1 Å². The summed E-state index contributed by atoms with van der Waals surface area (Å²) in [5.41, 5.74) is 2.94. The van der Waals surface area contributed by atoms with Gasteiger partial charge in [-0.1, -0.05) is 39.7 Å². The van der Waals surface area contributed by atoms with E-state index in [1.54, 1.807) is 43.4 Å². The van der Waals surface area contributed by atoms with E-state index in [-0.39, 0.29) is 11.3 Å². The molecule has 2 heterocycles. The highest BCUT2D eigenvalue weighted by atomic mass is 79.9. The van der Waals surface area contributed by atoms with E-state index in [4.69, 9.17) is 11.6 Å². The number of halogens is 2. The number of aryl methyl sites for hydroxylation is 1. The Morgan fingerprint density at radius 3 is 2.50 bits per heavy atom. The van der Waals surface area contributed by atoms with Crippen LogP contribution in [0.3, 0.4) is 0 Å². The average molecular weight is 454 g/mol. The predicted molar refractivity (Wildman–Crippen MR) is 115 cm³/mol. The molecule has 0 amide bonds. The Morgan fingerprint density at radius 2 is 1.79 bits per heavy atom. The highest BCUT2D eigenvalue weighted by Gasteiger charge is 2.15. The van der Waals surface area contributed by atoms with Gasteiger partial charge in [0.05, 0.1) is 0 Å². The van der Waals surface area contributed by atoms with Crippen LogP contribution in [0.25, 0.3) is 22.2 Å². The van der Waals surface area contributed by atoms with Gasteiger partial charge in [-0.2, -0.15) is 0 Å². The first kappa shape index (κ1) is 18.6. The lowest BCUT2D eigenvalue weighted by atomic mass is 9.99. The summed E-state index contributed by atoms with van der Waals surface area (Å²) in [6.45, 7) is 0. The van der Waals surface area contributed by atoms with E-state index in [1.165, 1.54) is 10.8 Å². The van der Waals surface area contributed by atoms with E-state index in [2.05, 4.69) is 20.9 Å². The minimum absolute atomic E-state index is 0.153. The molecule has 0 saturated carbocycles. The Labute approximate surface area is 174 Å². The van der Waals surface area contributed by atoms with Crippen LogP contribution in [0.4, 0.5) is 0 Å². The number of hydrogen-bond acceptors (Lipinski definition) is 3. The molecule has 138 valence electrons. The zero-order chi connectivity index (χ0) is 19.8. The van der Waals surface area contributed by atoms with Crippen molar-refractivity contribution in [2.75, 3.05) is 0 Å². The third-order valence-corrected chi connectivity index (χ3v) is 5.32. The number of fused-ring (bicyclic) bond motifs is 1. The molecule has 6 heteroatoms. The van der Waals surface area contributed by atoms with Crippen LogP contribution < -0.4 is 5.56 Å². The molecular formula is C22H14BrClN2O2. The number of pyridine rings is 2. The number of rotatable bonds is 3. The molecule has 0 fully saturated rings. The van der Waals surface area contributed by atoms with Gasteiger partial charge in [0.1, 0.15) is 5.65 Å². The minimum Gasteiger partial charge on any atom is -0.296 e. The molecule has 4 nitrogen and oxygen atoms in total. The second kappa shape index (κ2) is 7.34. The number of carbonyl (C=O) groups excluding carboxylic acids is 1. The third kappa shape index (κ3) is 3.39. The molecule has 0 saturated heterocycles. The summed E-state index contributed by atoms with van der Waals surface area (Å²) in [5, 5.41) is 1.31. The van der Waals surface area contributed by atoms with Crippen LogP contribution in [-0.4, -0.2) is 15.3 Å². The highest BCUT2D eigenvalue weighted by Crippen LogP contribution is 2.29. The lowest BCUT2D eigenvalue weighted by Crippen LogP contribution is -2.17. The van der Waals surface area contributed by atoms with E-state index < -0.39 is 0 Å². The van der Waals surface area contributed by atoms with Crippen molar-refractivity contribution in [1.29, 1.82) is 0 Å². The van der Waals surface area contributed by atoms with Crippen molar-refractivity contribution in [3.05, 3.63) is 97.8 Å². The molecule has 0 unspecified atom stereocenters. The predicted octanol–water partition coefficient (Wildman–Crippen LogP) is 5.25. The molecule has 0 N–H and O–H groups in total. The maximum absolute atomic E-state index is 12.9. The largest absolute Gasteiger partial charge is 0.296 e. The molecule has 4 aromatic rings. The van der Waals surface area contributed by atoms with Gasteiger partial charge >= 0.3 is 0 Å². The maximum atomic E-state index is 12.9. The molecule has 2 aromatic carbocycles. The number of ketones is 1. The first-order valence-electron chi connectivity index (χ1n) is 8.50. The van der Waals surface area contributed by atoms with Gasteiger partial charge in [-0.15, -0.1) is 0 Å². The first-order valence-corrected chi connectivity index (χ1v) is 9.67. The third-order valence-electron chi connectivity index (χ3n) is 4.58. The van der Waals surface area contributed by atoms with Crippen LogP contribution in [0, 0.1) is 0 Å². The summed E-state index contributed by atoms with van der Waals surface area (Å²) in [6.07, 6.45) is 1.50. The Hall–Kier alpha value is -2.76. The second-order valence-electron chi connectivity index (χ2n) is 6.40. The number of carbonyl (C=O) groups is 1. The molecule has 0 aliphatic carbocycles. The summed E-state index contributed by atoms with van der Waals surface area (Å²) in [5.74, 6) is -0.153. The molecular weight excluding hydrogens is 440 g/mol. The second-order valence-corrected chi connectivity index (χ2v) is 7.75. The van der Waals surface area contributed by atoms with Gasteiger partial charge < -0.3 is 0 Å². The van der Waals surface area contributed by atoms with Gasteiger partial charge in [0.15, 0.2) is 5.78 Å². The van der Waals surface area contributed by atoms with Crippen LogP contribution in [0.1, 0.15) is 15.9 Å². The molecule has 0 spiro atoms. The minimum atomic E-state index is -0.160. The summed E-state index contributed by atoms with van der Waals surface area (Å²) >= 11 is 9.38. The molecule has 4 rings (SSSR count). The average Bonchev–Trinajstić information content (AvgIpc) is 2.70. The fourth-order valence-electron chi connectivity index (χ4n) is 3.11. The molecule has 0 aliphatic heterocycles. The van der Waals surface area contributed by atoms with Crippen molar-refractivity contribution >= 4 is 44.3 Å². The van der Waals surface area contributed by atoms with Crippen LogP contribution in [0.5, 0.6) is 0 Å². The number of nitrogens with zero attached hydrogens (tertiary/aromatic N) is 2. The van der Waals surface area contributed by atoms with Crippen LogP contribution in [0.15, 0.2) is 76.1 Å². The Morgan fingerprint density at radius 1 is 1.04 bits per heavy atom. The zero-order valence-corrected chi connectivity index (χ0v) is 17.2.